The Hall–Kier alpha value is -0.980. The second kappa shape index (κ2) is 9.22. The number of thiazole rings is 1. The molecule has 1 unspecified atom stereocenters. The summed E-state index contributed by atoms with van der Waals surface area (Å²) in [7, 11) is 0. The molecule has 0 saturated heterocycles. The van der Waals surface area contributed by atoms with Crippen molar-refractivity contribution in [2.24, 2.45) is 11.7 Å². The molecule has 1 saturated carbocycles. The van der Waals surface area contributed by atoms with Crippen molar-refractivity contribution in [1.82, 2.24) is 10.3 Å². The minimum absolute atomic E-state index is 0.0961. The van der Waals surface area contributed by atoms with E-state index in [9.17, 15) is 4.79 Å². The van der Waals surface area contributed by atoms with Crippen LogP contribution in [0, 0.1) is 5.92 Å². The molecule has 1 aromatic heterocycles. The molecule has 0 radical (unpaired) electrons. The van der Waals surface area contributed by atoms with Crippen LogP contribution in [0.25, 0.3) is 0 Å². The number of nitrogens with two attached hydrogens (primary N) is 1. The van der Waals surface area contributed by atoms with Gasteiger partial charge in [-0.15, -0.1) is 11.3 Å². The van der Waals surface area contributed by atoms with Crippen LogP contribution < -0.4 is 11.1 Å². The first kappa shape index (κ1) is 17.4. The molecule has 124 valence electrons. The summed E-state index contributed by atoms with van der Waals surface area (Å²) in [4.78, 5) is 16.4. The fourth-order valence-electron chi connectivity index (χ4n) is 3.07. The monoisotopic (exact) mass is 325 g/mol. The number of carbonyl (C=O) groups is 1. The average molecular weight is 325 g/mol. The van der Waals surface area contributed by atoms with E-state index in [1.165, 1.54) is 37.0 Å². The van der Waals surface area contributed by atoms with Gasteiger partial charge in [-0.2, -0.15) is 0 Å². The van der Waals surface area contributed by atoms with Crippen molar-refractivity contribution in [2.45, 2.75) is 51.6 Å². The summed E-state index contributed by atoms with van der Waals surface area (Å²) in [5, 5.41) is 5.69. The number of amides is 1. The van der Waals surface area contributed by atoms with Crippen LogP contribution in [-0.4, -0.2) is 36.7 Å². The maximum Gasteiger partial charge on any atom is 0.270 e. The van der Waals surface area contributed by atoms with Crippen molar-refractivity contribution in [1.29, 1.82) is 0 Å². The number of hydrogen-bond acceptors (Lipinski definition) is 5. The smallest absolute Gasteiger partial charge is 0.270 e. The van der Waals surface area contributed by atoms with Crippen molar-refractivity contribution in [3.63, 3.8) is 0 Å². The van der Waals surface area contributed by atoms with Crippen molar-refractivity contribution in [2.75, 3.05) is 19.7 Å². The number of rotatable bonds is 9. The van der Waals surface area contributed by atoms with E-state index >= 15 is 0 Å². The van der Waals surface area contributed by atoms with Crippen LogP contribution in [0.3, 0.4) is 0 Å². The Morgan fingerprint density at radius 2 is 2.32 bits per heavy atom. The van der Waals surface area contributed by atoms with Gasteiger partial charge in [0.25, 0.3) is 5.91 Å². The molecule has 1 atom stereocenters. The maximum absolute atomic E-state index is 12.1. The highest BCUT2D eigenvalue weighted by molar-refractivity contribution is 7.09. The molecule has 1 aliphatic rings. The van der Waals surface area contributed by atoms with Gasteiger partial charge in [0.1, 0.15) is 5.69 Å². The molecule has 6 heteroatoms. The van der Waals surface area contributed by atoms with Crippen LogP contribution in [0.4, 0.5) is 0 Å². The first-order valence-corrected chi connectivity index (χ1v) is 9.16. The Morgan fingerprint density at radius 1 is 1.55 bits per heavy atom. The Balaban J connectivity index is 1.76. The molecule has 0 aliphatic heterocycles. The molecular formula is C16H27N3O2S. The Kier molecular flexibility index (Phi) is 7.29. The van der Waals surface area contributed by atoms with E-state index in [1.807, 2.05) is 6.92 Å². The van der Waals surface area contributed by atoms with Crippen LogP contribution >= 0.6 is 11.3 Å². The second-order valence-electron chi connectivity index (χ2n) is 5.75. The minimum Gasteiger partial charge on any atom is -0.378 e. The van der Waals surface area contributed by atoms with Crippen molar-refractivity contribution in [3.05, 3.63) is 16.1 Å². The van der Waals surface area contributed by atoms with E-state index in [1.54, 1.807) is 5.38 Å². The Morgan fingerprint density at radius 3 is 3.00 bits per heavy atom. The lowest BCUT2D eigenvalue weighted by molar-refractivity contribution is 0.0163. The van der Waals surface area contributed by atoms with E-state index < -0.39 is 0 Å². The molecule has 1 amide bonds. The molecule has 22 heavy (non-hydrogen) atoms. The first-order valence-electron chi connectivity index (χ1n) is 8.28. The molecule has 1 fully saturated rings. The highest BCUT2D eigenvalue weighted by atomic mass is 32.1. The zero-order valence-electron chi connectivity index (χ0n) is 13.3. The molecule has 1 aliphatic carbocycles. The SMILES string of the molecule is CCOC(CCNC(=O)c1csc(CCN)n1)C1CCCC1. The third-order valence-electron chi connectivity index (χ3n) is 4.16. The molecule has 0 spiro atoms. The maximum atomic E-state index is 12.1. The summed E-state index contributed by atoms with van der Waals surface area (Å²) >= 11 is 1.49. The van der Waals surface area contributed by atoms with Crippen LogP contribution in [0.1, 0.15) is 54.5 Å². The normalized spacial score (nSPS) is 16.8. The minimum atomic E-state index is -0.0961. The summed E-state index contributed by atoms with van der Waals surface area (Å²) < 4.78 is 5.87. The lowest BCUT2D eigenvalue weighted by Crippen LogP contribution is -2.31. The summed E-state index contributed by atoms with van der Waals surface area (Å²) in [5.74, 6) is 0.563. The second-order valence-corrected chi connectivity index (χ2v) is 6.69. The van der Waals surface area contributed by atoms with E-state index in [0.717, 1.165) is 24.5 Å². The highest BCUT2D eigenvalue weighted by Crippen LogP contribution is 2.30. The van der Waals surface area contributed by atoms with Gasteiger partial charge in [0.05, 0.1) is 11.1 Å². The standard InChI is InChI=1S/C16H27N3O2S/c1-2-21-14(12-5-3-4-6-12)8-10-18-16(20)13-11-22-15(19-13)7-9-17/h11-12,14H,2-10,17H2,1H3,(H,18,20). The van der Waals surface area contributed by atoms with Crippen LogP contribution in [0.15, 0.2) is 5.38 Å². The molecule has 3 N–H and O–H groups in total. The van der Waals surface area contributed by atoms with E-state index in [2.05, 4.69) is 10.3 Å². The molecule has 1 heterocycles. The molecular weight excluding hydrogens is 298 g/mol. The first-order chi connectivity index (χ1) is 10.7. The molecule has 1 aromatic rings. The van der Waals surface area contributed by atoms with E-state index in [4.69, 9.17) is 10.5 Å². The average Bonchev–Trinajstić information content (AvgIpc) is 3.18. The number of hydrogen-bond donors (Lipinski definition) is 2. The Bertz CT molecular complexity index is 458. The van der Waals surface area contributed by atoms with Crippen molar-refractivity contribution < 1.29 is 9.53 Å². The van der Waals surface area contributed by atoms with Crippen molar-refractivity contribution >= 4 is 17.2 Å². The van der Waals surface area contributed by atoms with E-state index in [-0.39, 0.29) is 12.0 Å². The molecule has 0 bridgehead atoms. The number of nitrogens with zero attached hydrogens (tertiary/aromatic N) is 1. The van der Waals surface area contributed by atoms with Gasteiger partial charge in [-0.1, -0.05) is 12.8 Å². The number of nitrogens with one attached hydrogen (secondary N) is 1. The fourth-order valence-corrected chi connectivity index (χ4v) is 3.86. The Labute approximate surface area is 136 Å². The summed E-state index contributed by atoms with van der Waals surface area (Å²) in [6.07, 6.45) is 7.01. The van der Waals surface area contributed by atoms with Gasteiger partial charge in [0.15, 0.2) is 0 Å². The van der Waals surface area contributed by atoms with E-state index in [0.29, 0.717) is 24.7 Å². The van der Waals surface area contributed by atoms with Crippen molar-refractivity contribution in [3.8, 4) is 0 Å². The van der Waals surface area contributed by atoms with Gasteiger partial charge in [-0.3, -0.25) is 4.79 Å². The third kappa shape index (κ3) is 5.04. The predicted molar refractivity (Wildman–Crippen MR) is 89.2 cm³/mol. The van der Waals surface area contributed by atoms with Gasteiger partial charge in [0.2, 0.25) is 0 Å². The zero-order chi connectivity index (χ0) is 15.8. The van der Waals surface area contributed by atoms with Gasteiger partial charge in [-0.25, -0.2) is 4.98 Å². The topological polar surface area (TPSA) is 77.2 Å². The summed E-state index contributed by atoms with van der Waals surface area (Å²) in [5.41, 5.74) is 6.00. The zero-order valence-corrected chi connectivity index (χ0v) is 14.2. The van der Waals surface area contributed by atoms with Gasteiger partial charge >= 0.3 is 0 Å². The largest absolute Gasteiger partial charge is 0.378 e. The van der Waals surface area contributed by atoms with Crippen LogP contribution in [0.2, 0.25) is 0 Å². The lowest BCUT2D eigenvalue weighted by atomic mass is 9.98. The predicted octanol–water partition coefficient (Wildman–Crippen LogP) is 2.36. The number of ether oxygens (including phenoxy) is 1. The third-order valence-corrected chi connectivity index (χ3v) is 5.07. The lowest BCUT2D eigenvalue weighted by Gasteiger charge is -2.23. The molecule has 0 aromatic carbocycles. The summed E-state index contributed by atoms with van der Waals surface area (Å²) in [6.45, 7) is 3.98. The number of carbonyl (C=O) groups excluding carboxylic acids is 1. The van der Waals surface area contributed by atoms with Crippen LogP contribution in [0.5, 0.6) is 0 Å². The van der Waals surface area contributed by atoms with Gasteiger partial charge in [-0.05, 0) is 38.6 Å². The van der Waals surface area contributed by atoms with Gasteiger partial charge < -0.3 is 15.8 Å². The van der Waals surface area contributed by atoms with Gasteiger partial charge in [0, 0.05) is 25.0 Å². The highest BCUT2D eigenvalue weighted by Gasteiger charge is 2.25. The molecule has 2 rings (SSSR count). The fraction of sp³-hybridized carbons (Fsp3) is 0.750. The number of aromatic nitrogens is 1. The molecule has 5 nitrogen and oxygen atoms in total. The quantitative estimate of drug-likeness (QED) is 0.730. The summed E-state index contributed by atoms with van der Waals surface area (Å²) in [6, 6.07) is 0. The van der Waals surface area contributed by atoms with Crippen LogP contribution in [-0.2, 0) is 11.2 Å².